The molecule has 0 atom stereocenters. The van der Waals surface area contributed by atoms with Crippen molar-refractivity contribution >= 4 is 0 Å². The van der Waals surface area contributed by atoms with Crippen LogP contribution in [-0.4, -0.2) is 35.0 Å². The summed E-state index contributed by atoms with van der Waals surface area (Å²) in [6, 6.07) is 7.22. The molecule has 0 spiro atoms. The van der Waals surface area contributed by atoms with E-state index >= 15 is 0 Å². The third kappa shape index (κ3) is 4.11. The van der Waals surface area contributed by atoms with Gasteiger partial charge in [0.2, 0.25) is 0 Å². The van der Waals surface area contributed by atoms with Crippen LogP contribution in [0.2, 0.25) is 0 Å². The van der Waals surface area contributed by atoms with Crippen molar-refractivity contribution in [2.24, 2.45) is 0 Å². The molecule has 0 bridgehead atoms. The minimum absolute atomic E-state index is 0. The molecular formula is C20H34N2. The van der Waals surface area contributed by atoms with Gasteiger partial charge in [0.25, 0.3) is 0 Å². The summed E-state index contributed by atoms with van der Waals surface area (Å²) in [5.74, 6) is 0. The van der Waals surface area contributed by atoms with Gasteiger partial charge in [-0.05, 0) is 69.8 Å². The first-order chi connectivity index (χ1) is 10.0. The highest BCUT2D eigenvalue weighted by atomic mass is 15.2. The van der Waals surface area contributed by atoms with Crippen LogP contribution in [0.5, 0.6) is 0 Å². The zero-order chi connectivity index (χ0) is 14.9. The van der Waals surface area contributed by atoms with Gasteiger partial charge in [0, 0.05) is 25.2 Å². The fourth-order valence-electron chi connectivity index (χ4n) is 3.65. The maximum atomic E-state index is 2.62. The van der Waals surface area contributed by atoms with E-state index < -0.39 is 0 Å². The lowest BCUT2D eigenvalue weighted by Crippen LogP contribution is -2.44. The topological polar surface area (TPSA) is 6.48 Å². The smallest absolute Gasteiger partial charge is 0.0241 e. The Morgan fingerprint density at radius 1 is 0.955 bits per heavy atom. The van der Waals surface area contributed by atoms with Gasteiger partial charge in [0.05, 0.1) is 0 Å². The number of fused-ring (bicyclic) bond motifs is 1. The van der Waals surface area contributed by atoms with E-state index in [1.54, 1.807) is 11.1 Å². The lowest BCUT2D eigenvalue weighted by atomic mass is 9.93. The molecule has 2 heterocycles. The highest BCUT2D eigenvalue weighted by molar-refractivity contribution is 5.34. The molecule has 124 valence electrons. The first-order valence-corrected chi connectivity index (χ1v) is 8.60. The first kappa shape index (κ1) is 17.5. The van der Waals surface area contributed by atoms with E-state index in [9.17, 15) is 0 Å². The highest BCUT2D eigenvalue weighted by Gasteiger charge is 2.25. The highest BCUT2D eigenvalue weighted by Crippen LogP contribution is 2.26. The predicted molar refractivity (Wildman–Crippen MR) is 96.2 cm³/mol. The van der Waals surface area contributed by atoms with Crippen LogP contribution in [0.15, 0.2) is 18.2 Å². The average molecular weight is 303 g/mol. The zero-order valence-electron chi connectivity index (χ0n) is 14.0. The van der Waals surface area contributed by atoms with Crippen LogP contribution in [-0.2, 0) is 19.5 Å². The van der Waals surface area contributed by atoms with Crippen LogP contribution in [0.25, 0.3) is 0 Å². The number of nitrogens with zero attached hydrogens (tertiary/aromatic N) is 2. The van der Waals surface area contributed by atoms with E-state index in [0.717, 1.165) is 13.1 Å². The van der Waals surface area contributed by atoms with Crippen LogP contribution in [0, 0.1) is 0 Å². The van der Waals surface area contributed by atoms with E-state index in [2.05, 4.69) is 48.8 Å². The van der Waals surface area contributed by atoms with Gasteiger partial charge in [0.1, 0.15) is 0 Å². The molecule has 1 saturated heterocycles. The van der Waals surface area contributed by atoms with Crippen molar-refractivity contribution in [3.8, 4) is 0 Å². The van der Waals surface area contributed by atoms with E-state index in [4.69, 9.17) is 0 Å². The summed E-state index contributed by atoms with van der Waals surface area (Å²) in [6.45, 7) is 13.0. The van der Waals surface area contributed by atoms with Crippen LogP contribution >= 0.6 is 0 Å². The maximum absolute atomic E-state index is 2.62. The SMILES string of the molecule is C.CC(C)(C)N1CCc2cc(CN3CCCCC3)ccc2C1. The Morgan fingerprint density at radius 3 is 2.36 bits per heavy atom. The molecule has 0 unspecified atom stereocenters. The first-order valence-electron chi connectivity index (χ1n) is 8.60. The second-order valence-electron chi connectivity index (χ2n) is 7.78. The molecule has 0 N–H and O–H groups in total. The molecule has 0 amide bonds. The molecule has 1 aromatic rings. The molecule has 0 aromatic heterocycles. The van der Waals surface area contributed by atoms with Crippen molar-refractivity contribution < 1.29 is 0 Å². The van der Waals surface area contributed by atoms with Gasteiger partial charge < -0.3 is 0 Å². The molecule has 22 heavy (non-hydrogen) atoms. The summed E-state index contributed by atoms with van der Waals surface area (Å²) in [7, 11) is 0. The summed E-state index contributed by atoms with van der Waals surface area (Å²) in [5, 5.41) is 0. The minimum Gasteiger partial charge on any atom is -0.299 e. The standard InChI is InChI=1S/C19H30N2.CH4/c1-19(2,3)21-12-9-17-13-16(7-8-18(17)15-21)14-20-10-5-4-6-11-20;/h7-8,13H,4-6,9-12,14-15H2,1-3H3;1H4. The Morgan fingerprint density at radius 2 is 1.68 bits per heavy atom. The molecule has 3 rings (SSSR count). The number of piperidine rings is 1. The summed E-state index contributed by atoms with van der Waals surface area (Å²) in [4.78, 5) is 5.22. The molecule has 0 radical (unpaired) electrons. The van der Waals surface area contributed by atoms with E-state index in [0.29, 0.717) is 0 Å². The summed E-state index contributed by atoms with van der Waals surface area (Å²) in [5.41, 5.74) is 4.92. The Bertz CT molecular complexity index is 481. The second kappa shape index (κ2) is 7.14. The van der Waals surface area contributed by atoms with Gasteiger partial charge >= 0.3 is 0 Å². The average Bonchev–Trinajstić information content (AvgIpc) is 2.47. The Labute approximate surface area is 137 Å². The molecular weight excluding hydrogens is 268 g/mol. The predicted octanol–water partition coefficient (Wildman–Crippen LogP) is 4.47. The normalized spacial score (nSPS) is 20.3. The number of benzene rings is 1. The molecule has 1 fully saturated rings. The fraction of sp³-hybridized carbons (Fsp3) is 0.700. The number of likely N-dealkylation sites (tertiary alicyclic amines) is 1. The largest absolute Gasteiger partial charge is 0.299 e. The van der Waals surface area contributed by atoms with E-state index in [-0.39, 0.29) is 13.0 Å². The molecule has 2 aliphatic heterocycles. The van der Waals surface area contributed by atoms with E-state index in [1.165, 1.54) is 50.9 Å². The Balaban J connectivity index is 0.00000176. The van der Waals surface area contributed by atoms with Gasteiger partial charge in [0.15, 0.2) is 0 Å². The summed E-state index contributed by atoms with van der Waals surface area (Å²) < 4.78 is 0. The van der Waals surface area contributed by atoms with Crippen molar-refractivity contribution in [1.82, 2.24) is 9.80 Å². The minimum atomic E-state index is 0. The van der Waals surface area contributed by atoms with Crippen molar-refractivity contribution in [1.29, 1.82) is 0 Å². The number of rotatable bonds is 2. The fourth-order valence-corrected chi connectivity index (χ4v) is 3.65. The number of hydrogen-bond acceptors (Lipinski definition) is 2. The van der Waals surface area contributed by atoms with Gasteiger partial charge in [-0.1, -0.05) is 32.0 Å². The van der Waals surface area contributed by atoms with Gasteiger partial charge in [-0.25, -0.2) is 0 Å². The summed E-state index contributed by atoms with van der Waals surface area (Å²) >= 11 is 0. The van der Waals surface area contributed by atoms with Crippen LogP contribution in [0.1, 0.15) is 64.2 Å². The zero-order valence-corrected chi connectivity index (χ0v) is 14.0. The third-order valence-electron chi connectivity index (χ3n) is 5.09. The lowest BCUT2D eigenvalue weighted by Gasteiger charge is -2.39. The van der Waals surface area contributed by atoms with Crippen molar-refractivity contribution in [3.05, 3.63) is 34.9 Å². The van der Waals surface area contributed by atoms with Gasteiger partial charge in [-0.15, -0.1) is 0 Å². The monoisotopic (exact) mass is 302 g/mol. The van der Waals surface area contributed by atoms with Crippen molar-refractivity contribution in [2.45, 2.75) is 72.5 Å². The summed E-state index contributed by atoms with van der Waals surface area (Å²) in [6.07, 6.45) is 5.39. The van der Waals surface area contributed by atoms with Gasteiger partial charge in [-0.3, -0.25) is 9.80 Å². The maximum Gasteiger partial charge on any atom is 0.0241 e. The Kier molecular flexibility index (Phi) is 5.68. The van der Waals surface area contributed by atoms with Crippen LogP contribution in [0.3, 0.4) is 0 Å². The quantitative estimate of drug-likeness (QED) is 0.795. The lowest BCUT2D eigenvalue weighted by molar-refractivity contribution is 0.120. The number of hydrogen-bond donors (Lipinski definition) is 0. The molecule has 2 heteroatoms. The molecule has 2 nitrogen and oxygen atoms in total. The molecule has 1 aromatic carbocycles. The van der Waals surface area contributed by atoms with Crippen molar-refractivity contribution in [3.63, 3.8) is 0 Å². The third-order valence-corrected chi connectivity index (χ3v) is 5.09. The van der Waals surface area contributed by atoms with E-state index in [1.807, 2.05) is 0 Å². The second-order valence-corrected chi connectivity index (χ2v) is 7.78. The van der Waals surface area contributed by atoms with Crippen LogP contribution in [0.4, 0.5) is 0 Å². The van der Waals surface area contributed by atoms with Gasteiger partial charge in [-0.2, -0.15) is 0 Å². The molecule has 0 saturated carbocycles. The Hall–Kier alpha value is -0.860. The van der Waals surface area contributed by atoms with Crippen LogP contribution < -0.4 is 0 Å². The molecule has 0 aliphatic carbocycles. The molecule has 2 aliphatic rings. The van der Waals surface area contributed by atoms with Crippen molar-refractivity contribution in [2.75, 3.05) is 19.6 Å².